The maximum absolute atomic E-state index is 8.89. The van der Waals surface area contributed by atoms with Crippen LogP contribution in [0.3, 0.4) is 0 Å². The number of nitrogens with zero attached hydrogens (tertiary/aromatic N) is 1. The summed E-state index contributed by atoms with van der Waals surface area (Å²) in [4.78, 5) is 1.32. The lowest BCUT2D eigenvalue weighted by Crippen LogP contribution is -2.27. The van der Waals surface area contributed by atoms with E-state index in [0.717, 1.165) is 18.7 Å². The first-order chi connectivity index (χ1) is 7.77. The van der Waals surface area contributed by atoms with Gasteiger partial charge in [0.1, 0.15) is 0 Å². The van der Waals surface area contributed by atoms with Gasteiger partial charge >= 0.3 is 0 Å². The van der Waals surface area contributed by atoms with Gasteiger partial charge in [-0.2, -0.15) is 5.26 Å². The molecule has 0 aliphatic heterocycles. The Hall–Kier alpha value is -0.980. The Kier molecular flexibility index (Phi) is 5.99. The lowest BCUT2D eigenvalue weighted by molar-refractivity contribution is 0.613. The highest BCUT2D eigenvalue weighted by Crippen LogP contribution is 2.22. The van der Waals surface area contributed by atoms with E-state index in [9.17, 15) is 0 Å². The van der Waals surface area contributed by atoms with E-state index in [-0.39, 0.29) is 6.04 Å². The molecule has 0 saturated carbocycles. The average Bonchev–Trinajstić information content (AvgIpc) is 2.30. The van der Waals surface area contributed by atoms with Crippen molar-refractivity contribution in [1.82, 2.24) is 5.32 Å². The van der Waals surface area contributed by atoms with Crippen LogP contribution in [-0.4, -0.2) is 18.3 Å². The minimum Gasteiger partial charge on any atom is -0.302 e. The number of benzene rings is 1. The fraction of sp³-hybridized carbons (Fsp3) is 0.462. The van der Waals surface area contributed by atoms with Gasteiger partial charge in [0, 0.05) is 10.6 Å². The second-order valence-electron chi connectivity index (χ2n) is 3.64. The fourth-order valence-corrected chi connectivity index (χ4v) is 2.51. The third-order valence-corrected chi connectivity index (χ3v) is 3.57. The SMILES string of the molecule is CCNC(C#N)CCSc1ccccc1C. The van der Waals surface area contributed by atoms with Gasteiger partial charge < -0.3 is 5.32 Å². The van der Waals surface area contributed by atoms with Crippen LogP contribution in [0.2, 0.25) is 0 Å². The van der Waals surface area contributed by atoms with Gasteiger partial charge in [0.2, 0.25) is 0 Å². The number of rotatable bonds is 6. The number of nitriles is 1. The first-order valence-corrected chi connectivity index (χ1v) is 6.58. The van der Waals surface area contributed by atoms with Crippen LogP contribution in [-0.2, 0) is 0 Å². The molecule has 0 aliphatic carbocycles. The standard InChI is InChI=1S/C13H18N2S/c1-3-15-12(10-14)8-9-16-13-7-5-4-6-11(13)2/h4-7,12,15H,3,8-9H2,1-2H3. The van der Waals surface area contributed by atoms with Gasteiger partial charge in [-0.05, 0) is 31.5 Å². The van der Waals surface area contributed by atoms with Gasteiger partial charge in [0.15, 0.2) is 0 Å². The maximum atomic E-state index is 8.89. The monoisotopic (exact) mass is 234 g/mol. The van der Waals surface area contributed by atoms with Crippen LogP contribution in [0.4, 0.5) is 0 Å². The fourth-order valence-electron chi connectivity index (χ4n) is 1.46. The number of hydrogen-bond acceptors (Lipinski definition) is 3. The highest BCUT2D eigenvalue weighted by atomic mass is 32.2. The lowest BCUT2D eigenvalue weighted by atomic mass is 10.2. The van der Waals surface area contributed by atoms with E-state index >= 15 is 0 Å². The summed E-state index contributed by atoms with van der Waals surface area (Å²) in [6.45, 7) is 5.00. The third kappa shape index (κ3) is 4.26. The van der Waals surface area contributed by atoms with Gasteiger partial charge in [-0.25, -0.2) is 0 Å². The van der Waals surface area contributed by atoms with Crippen molar-refractivity contribution >= 4 is 11.8 Å². The molecule has 1 rings (SSSR count). The first kappa shape index (κ1) is 13.1. The summed E-state index contributed by atoms with van der Waals surface area (Å²) in [5, 5.41) is 12.0. The second-order valence-corrected chi connectivity index (χ2v) is 4.78. The van der Waals surface area contributed by atoms with Gasteiger partial charge in [-0.1, -0.05) is 25.1 Å². The molecular formula is C13H18N2S. The molecule has 0 aliphatic rings. The molecule has 3 heteroatoms. The molecule has 0 saturated heterocycles. The average molecular weight is 234 g/mol. The molecule has 1 unspecified atom stereocenters. The van der Waals surface area contributed by atoms with Crippen LogP contribution in [0.15, 0.2) is 29.2 Å². The van der Waals surface area contributed by atoms with Crippen molar-refractivity contribution in [3.8, 4) is 6.07 Å². The molecule has 0 fully saturated rings. The summed E-state index contributed by atoms with van der Waals surface area (Å²) in [6, 6.07) is 10.6. The van der Waals surface area contributed by atoms with Crippen molar-refractivity contribution < 1.29 is 0 Å². The van der Waals surface area contributed by atoms with Crippen molar-refractivity contribution in [3.63, 3.8) is 0 Å². The predicted octanol–water partition coefficient (Wildman–Crippen LogP) is 2.98. The molecule has 2 nitrogen and oxygen atoms in total. The highest BCUT2D eigenvalue weighted by Gasteiger charge is 2.05. The Morgan fingerprint density at radius 3 is 2.81 bits per heavy atom. The predicted molar refractivity (Wildman–Crippen MR) is 69.6 cm³/mol. The molecule has 16 heavy (non-hydrogen) atoms. The molecule has 0 bridgehead atoms. The minimum atomic E-state index is -0.0125. The van der Waals surface area contributed by atoms with Crippen molar-refractivity contribution in [2.45, 2.75) is 31.2 Å². The summed E-state index contributed by atoms with van der Waals surface area (Å²) in [5.41, 5.74) is 1.31. The zero-order chi connectivity index (χ0) is 11.8. The normalized spacial score (nSPS) is 12.1. The van der Waals surface area contributed by atoms with E-state index < -0.39 is 0 Å². The Morgan fingerprint density at radius 1 is 1.44 bits per heavy atom. The van der Waals surface area contributed by atoms with E-state index in [1.54, 1.807) is 0 Å². The Labute approximate surface area is 102 Å². The Morgan fingerprint density at radius 2 is 2.19 bits per heavy atom. The summed E-state index contributed by atoms with van der Waals surface area (Å²) >= 11 is 1.83. The van der Waals surface area contributed by atoms with Crippen molar-refractivity contribution in [2.75, 3.05) is 12.3 Å². The molecular weight excluding hydrogens is 216 g/mol. The molecule has 0 aromatic heterocycles. The van der Waals surface area contributed by atoms with Crippen LogP contribution in [0.5, 0.6) is 0 Å². The van der Waals surface area contributed by atoms with Crippen LogP contribution < -0.4 is 5.32 Å². The maximum Gasteiger partial charge on any atom is 0.0960 e. The Balaban J connectivity index is 2.36. The molecule has 1 aromatic carbocycles. The summed E-state index contributed by atoms with van der Waals surface area (Å²) in [6.07, 6.45) is 0.892. The van der Waals surface area contributed by atoms with E-state index in [4.69, 9.17) is 5.26 Å². The summed E-state index contributed by atoms with van der Waals surface area (Å²) in [7, 11) is 0. The smallest absolute Gasteiger partial charge is 0.0960 e. The van der Waals surface area contributed by atoms with E-state index in [1.807, 2.05) is 18.7 Å². The third-order valence-electron chi connectivity index (χ3n) is 2.36. The van der Waals surface area contributed by atoms with Crippen molar-refractivity contribution in [3.05, 3.63) is 29.8 Å². The quantitative estimate of drug-likeness (QED) is 0.769. The molecule has 0 amide bonds. The second kappa shape index (κ2) is 7.32. The van der Waals surface area contributed by atoms with E-state index in [2.05, 4.69) is 42.6 Å². The van der Waals surface area contributed by atoms with E-state index in [0.29, 0.717) is 0 Å². The molecule has 1 atom stereocenters. The molecule has 86 valence electrons. The van der Waals surface area contributed by atoms with Crippen LogP contribution >= 0.6 is 11.8 Å². The van der Waals surface area contributed by atoms with Gasteiger partial charge in [-0.15, -0.1) is 11.8 Å². The summed E-state index contributed by atoms with van der Waals surface area (Å²) in [5.74, 6) is 0.982. The molecule has 0 radical (unpaired) electrons. The van der Waals surface area contributed by atoms with Crippen LogP contribution in [0, 0.1) is 18.3 Å². The summed E-state index contributed by atoms with van der Waals surface area (Å²) < 4.78 is 0. The molecule has 1 aromatic rings. The minimum absolute atomic E-state index is 0.0125. The largest absolute Gasteiger partial charge is 0.302 e. The molecule has 0 heterocycles. The van der Waals surface area contributed by atoms with Crippen molar-refractivity contribution in [2.24, 2.45) is 0 Å². The topological polar surface area (TPSA) is 35.8 Å². The van der Waals surface area contributed by atoms with Crippen LogP contribution in [0.1, 0.15) is 18.9 Å². The van der Waals surface area contributed by atoms with Gasteiger partial charge in [0.05, 0.1) is 12.1 Å². The molecule has 0 spiro atoms. The lowest BCUT2D eigenvalue weighted by Gasteiger charge is -2.09. The van der Waals surface area contributed by atoms with E-state index in [1.165, 1.54) is 10.5 Å². The number of nitrogens with one attached hydrogen (secondary N) is 1. The molecule has 1 N–H and O–H groups in total. The highest BCUT2D eigenvalue weighted by molar-refractivity contribution is 7.99. The van der Waals surface area contributed by atoms with Gasteiger partial charge in [-0.3, -0.25) is 0 Å². The first-order valence-electron chi connectivity index (χ1n) is 5.59. The zero-order valence-corrected chi connectivity index (χ0v) is 10.7. The number of thioether (sulfide) groups is 1. The number of hydrogen-bond donors (Lipinski definition) is 1. The Bertz CT molecular complexity index is 357. The van der Waals surface area contributed by atoms with Gasteiger partial charge in [0.25, 0.3) is 0 Å². The number of aryl methyl sites for hydroxylation is 1. The zero-order valence-electron chi connectivity index (χ0n) is 9.86. The van der Waals surface area contributed by atoms with Crippen molar-refractivity contribution in [1.29, 1.82) is 5.26 Å². The van der Waals surface area contributed by atoms with Crippen LogP contribution in [0.25, 0.3) is 0 Å².